The minimum absolute atomic E-state index is 0.179. The zero-order valence-electron chi connectivity index (χ0n) is 66.9. The van der Waals surface area contributed by atoms with Crippen LogP contribution in [0.4, 0.5) is 0 Å². The minimum atomic E-state index is -1.52. The first-order chi connectivity index (χ1) is 50.6. The molecule has 0 aromatic heterocycles. The van der Waals surface area contributed by atoms with Crippen molar-refractivity contribution < 1.29 is 42.9 Å². The summed E-state index contributed by atoms with van der Waals surface area (Å²) < 4.78 is 23.0. The summed E-state index contributed by atoms with van der Waals surface area (Å²) in [4.78, 5) is 37.8. The number of likely N-dealkylation sites (N-methyl/N-ethyl adjacent to an activating group) is 1. The molecule has 9 nitrogen and oxygen atoms in total. The predicted octanol–water partition coefficient (Wildman–Crippen LogP) is 27.5. The van der Waals surface area contributed by atoms with Gasteiger partial charge in [-0.15, -0.1) is 0 Å². The molecule has 0 fully saturated rings. The summed E-state index contributed by atoms with van der Waals surface area (Å²) in [5, 5.41) is 9.78. The number of quaternary nitrogens is 1. The molecule has 0 saturated heterocycles. The molecule has 0 radical (unpaired) electrons. The molecular formula is C94H156NO8+. The normalized spacial score (nSPS) is 13.6. The van der Waals surface area contributed by atoms with Gasteiger partial charge in [-0.1, -0.05) is 369 Å². The Bertz CT molecular complexity index is 2360. The van der Waals surface area contributed by atoms with Gasteiger partial charge in [0.05, 0.1) is 34.4 Å². The van der Waals surface area contributed by atoms with E-state index in [0.29, 0.717) is 23.9 Å². The van der Waals surface area contributed by atoms with Gasteiger partial charge in [-0.3, -0.25) is 9.59 Å². The van der Waals surface area contributed by atoms with Crippen LogP contribution in [0.5, 0.6) is 0 Å². The first kappa shape index (κ1) is 97.4. The molecule has 0 aromatic carbocycles. The molecule has 0 aliphatic carbocycles. The van der Waals surface area contributed by atoms with Gasteiger partial charge in [-0.25, -0.2) is 4.79 Å². The highest BCUT2D eigenvalue weighted by Gasteiger charge is 2.25. The van der Waals surface area contributed by atoms with Crippen molar-refractivity contribution in [2.24, 2.45) is 0 Å². The Morgan fingerprint density at radius 1 is 0.291 bits per heavy atom. The quantitative estimate of drug-likeness (QED) is 0.0211. The number of carboxylic acids is 1. The third-order valence-corrected chi connectivity index (χ3v) is 17.7. The molecule has 2 unspecified atom stereocenters. The van der Waals surface area contributed by atoms with Crippen LogP contribution in [-0.2, 0) is 33.3 Å². The van der Waals surface area contributed by atoms with E-state index in [2.05, 4.69) is 196 Å². The van der Waals surface area contributed by atoms with Gasteiger partial charge in [0.2, 0.25) is 0 Å². The largest absolute Gasteiger partial charge is 0.477 e. The number of carboxylic acid groups (broad SMARTS) is 1. The summed E-state index contributed by atoms with van der Waals surface area (Å²) in [5.74, 6) is -2.02. The van der Waals surface area contributed by atoms with Gasteiger partial charge in [-0.05, 0) is 135 Å². The van der Waals surface area contributed by atoms with Crippen LogP contribution in [0.15, 0.2) is 182 Å². The van der Waals surface area contributed by atoms with E-state index in [-0.39, 0.29) is 32.2 Å². The maximum atomic E-state index is 13.0. The Hall–Kier alpha value is -5.61. The van der Waals surface area contributed by atoms with Crippen LogP contribution in [0.3, 0.4) is 0 Å². The van der Waals surface area contributed by atoms with Gasteiger partial charge < -0.3 is 28.5 Å². The van der Waals surface area contributed by atoms with E-state index in [4.69, 9.17) is 18.9 Å². The second-order valence-corrected chi connectivity index (χ2v) is 28.7. The number of ether oxygens (including phenoxy) is 4. The molecule has 2 atom stereocenters. The standard InChI is InChI=1S/C94H155NO8/c1-6-8-10-12-14-16-18-20-22-24-26-28-30-32-34-36-38-40-42-44-45-46-47-49-51-53-55-57-59-61-63-65-67-69-71-73-75-77-79-81-83-85-92(97)103-90(89-102-94(93(98)99)100-87-86-95(3,4)5)88-101-91(96)84-82-80-78-76-74-72-70-68-66-64-62-60-58-56-54-52-50-48-43-41-39-37-35-33-31-29-27-25-23-21-19-17-15-13-11-9-7-2/h8-11,14-17,20-23,26-29,32,34,38,40,44-45,47,49,53,55,59,61,65,67,90,94H,6-7,12-13,18-19,24-25,30-31,33,35-37,39,41-43,46,48,50-52,54,56-58,60,62-64,66,68-89H2,1-5H3/p+1/b10-8-,11-9-,16-14-,17-15-,22-20-,23-21-,28-26-,29-27-,34-32-,40-38-,45-44-,49-47-,55-53-,61-59-,67-65-. The van der Waals surface area contributed by atoms with Gasteiger partial charge >= 0.3 is 17.9 Å². The highest BCUT2D eigenvalue weighted by Crippen LogP contribution is 2.18. The number of rotatable bonds is 76. The van der Waals surface area contributed by atoms with Crippen molar-refractivity contribution in [3.05, 3.63) is 182 Å². The monoisotopic (exact) mass is 1430 g/mol. The van der Waals surface area contributed by atoms with E-state index >= 15 is 0 Å². The smallest absolute Gasteiger partial charge is 0.361 e. The number of carbonyl (C=O) groups excluding carboxylic acids is 2. The van der Waals surface area contributed by atoms with Gasteiger partial charge in [0.15, 0.2) is 6.10 Å². The minimum Gasteiger partial charge on any atom is -0.477 e. The van der Waals surface area contributed by atoms with Crippen molar-refractivity contribution in [3.63, 3.8) is 0 Å². The molecule has 0 saturated carbocycles. The molecule has 0 spiro atoms. The SMILES string of the molecule is CC/C=C\C/C=C\C/C=C\C/C=C\C/C=C\C/C=C\C/C=C\C/C=C\C/C=C\C/C=C\C/C=C\CCCCCCCCCC(=O)OC(COC(=O)CCCCCCCCCCCCCCCCCCCCCCCCCC/C=C\C/C=C\C/C=C\C/C=C\CC)COC(OCC[N+](C)(C)C)C(=O)O. The van der Waals surface area contributed by atoms with Gasteiger partial charge in [0, 0.05) is 12.8 Å². The zero-order chi connectivity index (χ0) is 74.6. The Morgan fingerprint density at radius 2 is 0.524 bits per heavy atom. The second-order valence-electron chi connectivity index (χ2n) is 28.7. The van der Waals surface area contributed by atoms with Gasteiger partial charge in [-0.2, -0.15) is 0 Å². The molecule has 0 aliphatic heterocycles. The van der Waals surface area contributed by atoms with Crippen molar-refractivity contribution in [2.75, 3.05) is 47.5 Å². The van der Waals surface area contributed by atoms with Gasteiger partial charge in [0.1, 0.15) is 13.2 Å². The van der Waals surface area contributed by atoms with Crippen LogP contribution in [-0.4, -0.2) is 87.4 Å². The van der Waals surface area contributed by atoms with Crippen LogP contribution in [0, 0.1) is 0 Å². The maximum absolute atomic E-state index is 13.0. The van der Waals surface area contributed by atoms with Crippen molar-refractivity contribution >= 4 is 17.9 Å². The number of hydrogen-bond donors (Lipinski definition) is 1. The Labute approximate surface area is 634 Å². The molecule has 9 heteroatoms. The number of allylic oxidation sites excluding steroid dienone is 30. The summed E-state index contributed by atoms with van der Waals surface area (Å²) >= 11 is 0. The molecule has 1 N–H and O–H groups in total. The fourth-order valence-electron chi connectivity index (χ4n) is 11.4. The van der Waals surface area contributed by atoms with Crippen LogP contribution in [0.2, 0.25) is 0 Å². The number of nitrogens with zero attached hydrogens (tertiary/aromatic N) is 1. The lowest BCUT2D eigenvalue weighted by Gasteiger charge is -2.25. The van der Waals surface area contributed by atoms with E-state index < -0.39 is 24.3 Å². The Morgan fingerprint density at radius 3 is 0.777 bits per heavy atom. The number of carbonyl (C=O) groups is 3. The van der Waals surface area contributed by atoms with Crippen molar-refractivity contribution in [3.8, 4) is 0 Å². The summed E-state index contributed by atoms with van der Waals surface area (Å²) in [6, 6.07) is 0. The average Bonchev–Trinajstić information content (AvgIpc) is 1.01. The average molecular weight is 1430 g/mol. The van der Waals surface area contributed by atoms with Crippen LogP contribution in [0.25, 0.3) is 0 Å². The Balaban J connectivity index is 4.08. The first-order valence-electron chi connectivity index (χ1n) is 41.9. The summed E-state index contributed by atoms with van der Waals surface area (Å²) in [7, 11) is 5.98. The van der Waals surface area contributed by atoms with E-state index in [1.165, 1.54) is 161 Å². The molecule has 103 heavy (non-hydrogen) atoms. The van der Waals surface area contributed by atoms with Crippen LogP contribution in [0.1, 0.15) is 335 Å². The lowest BCUT2D eigenvalue weighted by atomic mass is 10.0. The van der Waals surface area contributed by atoms with Crippen LogP contribution < -0.4 is 0 Å². The molecule has 0 aromatic rings. The molecule has 0 bridgehead atoms. The highest BCUT2D eigenvalue weighted by molar-refractivity contribution is 5.71. The van der Waals surface area contributed by atoms with Crippen molar-refractivity contribution in [1.29, 1.82) is 0 Å². The fourth-order valence-corrected chi connectivity index (χ4v) is 11.4. The molecule has 0 aliphatic rings. The number of aliphatic carboxylic acids is 1. The molecule has 584 valence electrons. The molecular weight excluding hydrogens is 1270 g/mol. The van der Waals surface area contributed by atoms with E-state index in [0.717, 1.165) is 141 Å². The lowest BCUT2D eigenvalue weighted by molar-refractivity contribution is -0.870. The number of unbranched alkanes of at least 4 members (excludes halogenated alkanes) is 31. The second kappa shape index (κ2) is 82.1. The van der Waals surface area contributed by atoms with Gasteiger partial charge in [0.25, 0.3) is 6.29 Å². The van der Waals surface area contributed by atoms with Crippen molar-refractivity contribution in [2.45, 2.75) is 347 Å². The summed E-state index contributed by atoms with van der Waals surface area (Å²) in [5.41, 5.74) is 0. The highest BCUT2D eigenvalue weighted by atomic mass is 16.7. The molecule has 0 amide bonds. The number of esters is 2. The first-order valence-corrected chi connectivity index (χ1v) is 41.9. The third-order valence-electron chi connectivity index (χ3n) is 17.7. The molecule has 0 heterocycles. The van der Waals surface area contributed by atoms with E-state index in [9.17, 15) is 19.5 Å². The Kier molecular flexibility index (Phi) is 77.6. The predicted molar refractivity (Wildman–Crippen MR) is 446 cm³/mol. The zero-order valence-corrected chi connectivity index (χ0v) is 66.9. The summed E-state index contributed by atoms with van der Waals surface area (Å²) in [6.07, 6.45) is 122. The topological polar surface area (TPSA) is 108 Å². The molecule has 0 rings (SSSR count). The maximum Gasteiger partial charge on any atom is 0.361 e. The van der Waals surface area contributed by atoms with E-state index in [1.54, 1.807) is 0 Å². The fraction of sp³-hybridized carbons (Fsp3) is 0.649. The number of hydrogen-bond acceptors (Lipinski definition) is 7. The third kappa shape index (κ3) is 83.5. The van der Waals surface area contributed by atoms with Crippen LogP contribution >= 0.6 is 0 Å². The van der Waals surface area contributed by atoms with E-state index in [1.807, 2.05) is 21.1 Å². The van der Waals surface area contributed by atoms with Crippen molar-refractivity contribution in [1.82, 2.24) is 0 Å². The lowest BCUT2D eigenvalue weighted by Crippen LogP contribution is -2.40. The summed E-state index contributed by atoms with van der Waals surface area (Å²) in [6.45, 7) is 4.65.